The summed E-state index contributed by atoms with van der Waals surface area (Å²) in [6.45, 7) is 3.74. The molecular formula is C25H20O5. The molecule has 0 radical (unpaired) electrons. The Morgan fingerprint density at radius 3 is 2.30 bits per heavy atom. The first-order valence-corrected chi connectivity index (χ1v) is 9.46. The van der Waals surface area contributed by atoms with Crippen LogP contribution in [0.5, 0.6) is 17.2 Å². The molecule has 0 saturated heterocycles. The van der Waals surface area contributed by atoms with Crippen molar-refractivity contribution in [3.8, 4) is 17.2 Å². The number of benzene rings is 3. The number of rotatable bonds is 4. The Morgan fingerprint density at radius 1 is 0.933 bits per heavy atom. The van der Waals surface area contributed by atoms with Gasteiger partial charge in [0.1, 0.15) is 17.2 Å². The van der Waals surface area contributed by atoms with Gasteiger partial charge < -0.3 is 14.2 Å². The molecule has 5 heteroatoms. The van der Waals surface area contributed by atoms with Crippen molar-refractivity contribution >= 4 is 17.8 Å². The van der Waals surface area contributed by atoms with Gasteiger partial charge in [0.25, 0.3) is 0 Å². The van der Waals surface area contributed by atoms with Crippen LogP contribution in [-0.2, 0) is 0 Å². The molecule has 1 heterocycles. The van der Waals surface area contributed by atoms with E-state index in [0.29, 0.717) is 28.2 Å². The monoisotopic (exact) mass is 400 g/mol. The van der Waals surface area contributed by atoms with Crippen molar-refractivity contribution in [1.82, 2.24) is 0 Å². The molecule has 4 rings (SSSR count). The van der Waals surface area contributed by atoms with Crippen LogP contribution < -0.4 is 14.2 Å². The van der Waals surface area contributed by atoms with Crippen molar-refractivity contribution in [1.29, 1.82) is 0 Å². The number of esters is 1. The van der Waals surface area contributed by atoms with E-state index in [-0.39, 0.29) is 11.5 Å². The first-order valence-electron chi connectivity index (χ1n) is 9.46. The van der Waals surface area contributed by atoms with E-state index in [4.69, 9.17) is 14.2 Å². The Labute approximate surface area is 174 Å². The zero-order chi connectivity index (χ0) is 21.3. The van der Waals surface area contributed by atoms with E-state index in [1.165, 1.54) is 0 Å². The van der Waals surface area contributed by atoms with Gasteiger partial charge in [0.15, 0.2) is 5.76 Å². The minimum absolute atomic E-state index is 0.199. The number of carbonyl (C=O) groups excluding carboxylic acids is 2. The highest BCUT2D eigenvalue weighted by molar-refractivity contribution is 6.15. The van der Waals surface area contributed by atoms with Crippen molar-refractivity contribution in [3.63, 3.8) is 0 Å². The lowest BCUT2D eigenvalue weighted by molar-refractivity contribution is 0.0734. The number of Topliss-reactive ketones (excluding diaryl/α,β-unsaturated/α-hetero) is 1. The van der Waals surface area contributed by atoms with Crippen molar-refractivity contribution < 1.29 is 23.8 Å². The van der Waals surface area contributed by atoms with Crippen LogP contribution in [0.4, 0.5) is 0 Å². The molecule has 3 aromatic rings. The van der Waals surface area contributed by atoms with E-state index < -0.39 is 5.97 Å². The van der Waals surface area contributed by atoms with Crippen molar-refractivity contribution in [3.05, 3.63) is 94.2 Å². The number of allylic oxidation sites excluding steroid dienone is 1. The number of ether oxygens (including phenoxy) is 3. The molecule has 150 valence electrons. The molecule has 0 atom stereocenters. The third kappa shape index (κ3) is 3.82. The van der Waals surface area contributed by atoms with E-state index >= 15 is 0 Å². The lowest BCUT2D eigenvalue weighted by Crippen LogP contribution is -2.08. The third-order valence-electron chi connectivity index (χ3n) is 4.86. The summed E-state index contributed by atoms with van der Waals surface area (Å²) in [4.78, 5) is 25.2. The molecule has 1 aliphatic heterocycles. The summed E-state index contributed by atoms with van der Waals surface area (Å²) in [5.74, 6) is 0.999. The summed E-state index contributed by atoms with van der Waals surface area (Å²) in [5.41, 5.74) is 3.49. The molecule has 3 aromatic carbocycles. The number of aryl methyl sites for hydroxylation is 2. The zero-order valence-corrected chi connectivity index (χ0v) is 16.9. The number of methoxy groups -OCH3 is 1. The van der Waals surface area contributed by atoms with Gasteiger partial charge in [-0.2, -0.15) is 0 Å². The predicted molar refractivity (Wildman–Crippen MR) is 113 cm³/mol. The summed E-state index contributed by atoms with van der Waals surface area (Å²) in [7, 11) is 1.60. The molecule has 0 spiro atoms. The van der Waals surface area contributed by atoms with Gasteiger partial charge in [-0.1, -0.05) is 29.8 Å². The quantitative estimate of drug-likeness (QED) is 0.344. The van der Waals surface area contributed by atoms with Crippen molar-refractivity contribution in [2.45, 2.75) is 13.8 Å². The van der Waals surface area contributed by atoms with Gasteiger partial charge in [-0.25, -0.2) is 4.79 Å². The zero-order valence-electron chi connectivity index (χ0n) is 16.9. The number of hydrogen-bond acceptors (Lipinski definition) is 5. The van der Waals surface area contributed by atoms with Crippen LogP contribution in [0, 0.1) is 13.8 Å². The Morgan fingerprint density at radius 2 is 1.63 bits per heavy atom. The summed E-state index contributed by atoms with van der Waals surface area (Å²) >= 11 is 0. The van der Waals surface area contributed by atoms with E-state index in [0.717, 1.165) is 16.9 Å². The maximum Gasteiger partial charge on any atom is 0.343 e. The first kappa shape index (κ1) is 19.5. The first-order chi connectivity index (χ1) is 14.4. The molecule has 1 aliphatic rings. The van der Waals surface area contributed by atoms with Crippen LogP contribution in [0.3, 0.4) is 0 Å². The minimum atomic E-state index is -0.465. The topological polar surface area (TPSA) is 61.8 Å². The van der Waals surface area contributed by atoms with Gasteiger partial charge in [-0.15, -0.1) is 0 Å². The van der Waals surface area contributed by atoms with Crippen LogP contribution >= 0.6 is 0 Å². The van der Waals surface area contributed by atoms with Gasteiger partial charge in [0.2, 0.25) is 5.78 Å². The Kier molecular flexibility index (Phi) is 5.11. The summed E-state index contributed by atoms with van der Waals surface area (Å²) < 4.78 is 16.4. The van der Waals surface area contributed by atoms with Gasteiger partial charge in [-0.05, 0) is 61.4 Å². The molecule has 5 nitrogen and oxygen atoms in total. The van der Waals surface area contributed by atoms with E-state index in [1.54, 1.807) is 44.4 Å². The van der Waals surface area contributed by atoms with E-state index in [2.05, 4.69) is 0 Å². The van der Waals surface area contributed by atoms with Crippen LogP contribution in [0.1, 0.15) is 37.4 Å². The lowest BCUT2D eigenvalue weighted by Gasteiger charge is -2.08. The highest BCUT2D eigenvalue weighted by atomic mass is 16.5. The molecule has 0 amide bonds. The SMILES string of the molecule is COc1ccc(/C=C2\Oc3cc(OC(=O)c4ccc(C)cc4)cc(C)c3C2=O)cc1. The molecule has 0 aliphatic carbocycles. The van der Waals surface area contributed by atoms with Crippen LogP contribution in [0.25, 0.3) is 6.08 Å². The number of fused-ring (bicyclic) bond motifs is 1. The summed E-state index contributed by atoms with van der Waals surface area (Å²) in [5, 5.41) is 0. The maximum absolute atomic E-state index is 12.8. The third-order valence-corrected chi connectivity index (χ3v) is 4.86. The van der Waals surface area contributed by atoms with Gasteiger partial charge in [-0.3, -0.25) is 4.79 Å². The Balaban J connectivity index is 1.58. The highest BCUT2D eigenvalue weighted by Gasteiger charge is 2.30. The van der Waals surface area contributed by atoms with Crippen molar-refractivity contribution in [2.24, 2.45) is 0 Å². The molecule has 0 unspecified atom stereocenters. The number of ketones is 1. The fraction of sp³-hybridized carbons (Fsp3) is 0.120. The maximum atomic E-state index is 12.8. The highest BCUT2D eigenvalue weighted by Crippen LogP contribution is 2.37. The normalized spacial score (nSPS) is 13.7. The van der Waals surface area contributed by atoms with E-state index in [9.17, 15) is 9.59 Å². The number of hydrogen-bond donors (Lipinski definition) is 0. The molecule has 0 N–H and O–H groups in total. The fourth-order valence-corrected chi connectivity index (χ4v) is 3.24. The fourth-order valence-electron chi connectivity index (χ4n) is 3.24. The smallest absolute Gasteiger partial charge is 0.343 e. The summed E-state index contributed by atoms with van der Waals surface area (Å²) in [6.07, 6.45) is 1.68. The molecule has 30 heavy (non-hydrogen) atoms. The molecule has 0 aromatic heterocycles. The van der Waals surface area contributed by atoms with Crippen LogP contribution in [0.15, 0.2) is 66.4 Å². The van der Waals surface area contributed by atoms with Gasteiger partial charge >= 0.3 is 5.97 Å². The lowest BCUT2D eigenvalue weighted by atomic mass is 10.0. The van der Waals surface area contributed by atoms with Crippen molar-refractivity contribution in [2.75, 3.05) is 7.11 Å². The Hall–Kier alpha value is -3.86. The van der Waals surface area contributed by atoms with Crippen LogP contribution in [-0.4, -0.2) is 18.9 Å². The Bertz CT molecular complexity index is 1160. The standard InChI is InChI=1S/C25H20O5/c1-15-4-8-18(9-5-15)25(27)29-20-12-16(2)23-21(14-20)30-22(24(23)26)13-17-6-10-19(28-3)11-7-17/h4-14H,1-3H3/b22-13-. The van der Waals surface area contributed by atoms with E-state index in [1.807, 2.05) is 43.3 Å². The average molecular weight is 400 g/mol. The molecular weight excluding hydrogens is 380 g/mol. The second kappa shape index (κ2) is 7.87. The van der Waals surface area contributed by atoms with Crippen LogP contribution in [0.2, 0.25) is 0 Å². The average Bonchev–Trinajstić information content (AvgIpc) is 3.04. The number of carbonyl (C=O) groups is 2. The second-order valence-electron chi connectivity index (χ2n) is 7.08. The van der Waals surface area contributed by atoms with Gasteiger partial charge in [0, 0.05) is 6.07 Å². The minimum Gasteiger partial charge on any atom is -0.497 e. The molecule has 0 saturated carbocycles. The summed E-state index contributed by atoms with van der Waals surface area (Å²) in [6, 6.07) is 17.7. The predicted octanol–water partition coefficient (Wildman–Crippen LogP) is 5.15. The molecule has 0 bridgehead atoms. The largest absolute Gasteiger partial charge is 0.497 e. The molecule has 0 fully saturated rings. The second-order valence-corrected chi connectivity index (χ2v) is 7.08. The van der Waals surface area contributed by atoms with Gasteiger partial charge in [0.05, 0.1) is 18.2 Å².